The van der Waals surface area contributed by atoms with Crippen molar-refractivity contribution in [2.75, 3.05) is 20.3 Å². The number of hydrogen-bond donors (Lipinski definition) is 2. The van der Waals surface area contributed by atoms with Gasteiger partial charge >= 0.3 is 0 Å². The van der Waals surface area contributed by atoms with Gasteiger partial charge in [-0.2, -0.15) is 0 Å². The van der Waals surface area contributed by atoms with Crippen LogP contribution in [0.3, 0.4) is 0 Å². The van der Waals surface area contributed by atoms with Crippen molar-refractivity contribution in [3.8, 4) is 11.5 Å². The summed E-state index contributed by atoms with van der Waals surface area (Å²) < 4.78 is 10.7. The van der Waals surface area contributed by atoms with Crippen molar-refractivity contribution < 1.29 is 14.6 Å². The van der Waals surface area contributed by atoms with Crippen molar-refractivity contribution in [3.05, 3.63) is 24.3 Å². The molecule has 20 heavy (non-hydrogen) atoms. The van der Waals surface area contributed by atoms with Crippen molar-refractivity contribution in [2.24, 2.45) is 0 Å². The summed E-state index contributed by atoms with van der Waals surface area (Å²) in [5, 5.41) is 13.5. The van der Waals surface area contributed by atoms with Gasteiger partial charge in [-0.1, -0.05) is 18.9 Å². The van der Waals surface area contributed by atoms with Crippen LogP contribution in [0.1, 0.15) is 32.6 Å². The Kier molecular flexibility index (Phi) is 5.26. The lowest BCUT2D eigenvalue weighted by molar-refractivity contribution is 0.0978. The Bertz CT molecular complexity index is 416. The maximum Gasteiger partial charge on any atom is 0.123 e. The SMILES string of the molecule is COc1cccc(OCC(O)CNC2(C)CCCC2)c1. The van der Waals surface area contributed by atoms with Gasteiger partial charge in [0.05, 0.1) is 7.11 Å². The number of β-amino-alcohol motifs (C(OH)–C–C–N with tert-alkyl or cyclic N) is 1. The van der Waals surface area contributed by atoms with Crippen LogP contribution in [-0.2, 0) is 0 Å². The van der Waals surface area contributed by atoms with Crippen molar-refractivity contribution in [2.45, 2.75) is 44.2 Å². The van der Waals surface area contributed by atoms with E-state index in [1.165, 1.54) is 25.7 Å². The monoisotopic (exact) mass is 279 g/mol. The number of methoxy groups -OCH3 is 1. The maximum absolute atomic E-state index is 9.99. The molecule has 4 nitrogen and oxygen atoms in total. The highest BCUT2D eigenvalue weighted by Crippen LogP contribution is 2.28. The third-order valence-electron chi connectivity index (χ3n) is 3.96. The van der Waals surface area contributed by atoms with Crippen LogP contribution in [0, 0.1) is 0 Å². The molecule has 2 rings (SSSR count). The molecule has 1 aromatic carbocycles. The number of aliphatic hydroxyl groups excluding tert-OH is 1. The Morgan fingerprint density at radius 1 is 1.30 bits per heavy atom. The Balaban J connectivity index is 1.72. The van der Waals surface area contributed by atoms with Gasteiger partial charge in [-0.15, -0.1) is 0 Å². The molecule has 4 heteroatoms. The van der Waals surface area contributed by atoms with Crippen LogP contribution in [0.25, 0.3) is 0 Å². The van der Waals surface area contributed by atoms with Crippen LogP contribution in [-0.4, -0.2) is 37.0 Å². The molecule has 1 aromatic rings. The largest absolute Gasteiger partial charge is 0.497 e. The molecule has 1 fully saturated rings. The average molecular weight is 279 g/mol. The van der Waals surface area contributed by atoms with Gasteiger partial charge in [0, 0.05) is 18.2 Å². The standard InChI is InChI=1S/C16H25NO3/c1-16(8-3-4-9-16)17-11-13(18)12-20-15-7-5-6-14(10-15)19-2/h5-7,10,13,17-18H,3-4,8-9,11-12H2,1-2H3. The molecular weight excluding hydrogens is 254 g/mol. The first-order valence-corrected chi connectivity index (χ1v) is 7.31. The molecular formula is C16H25NO3. The summed E-state index contributed by atoms with van der Waals surface area (Å²) in [6.07, 6.45) is 4.44. The first kappa shape index (κ1) is 15.1. The molecule has 0 saturated heterocycles. The molecule has 0 spiro atoms. The molecule has 0 bridgehead atoms. The van der Waals surface area contributed by atoms with Gasteiger partial charge in [-0.3, -0.25) is 0 Å². The number of rotatable bonds is 7. The zero-order chi connectivity index (χ0) is 14.4. The highest BCUT2D eigenvalue weighted by Gasteiger charge is 2.28. The number of benzene rings is 1. The second kappa shape index (κ2) is 6.95. The van der Waals surface area contributed by atoms with Gasteiger partial charge in [0.25, 0.3) is 0 Å². The van der Waals surface area contributed by atoms with Crippen molar-refractivity contribution in [1.82, 2.24) is 5.32 Å². The molecule has 112 valence electrons. The van der Waals surface area contributed by atoms with Crippen LogP contribution in [0.2, 0.25) is 0 Å². The third kappa shape index (κ3) is 4.39. The zero-order valence-electron chi connectivity index (χ0n) is 12.4. The summed E-state index contributed by atoms with van der Waals surface area (Å²) in [6.45, 7) is 3.09. The normalized spacial score (nSPS) is 18.8. The van der Waals surface area contributed by atoms with Crippen LogP contribution in [0.4, 0.5) is 0 Å². The molecule has 0 aliphatic heterocycles. The zero-order valence-corrected chi connectivity index (χ0v) is 12.4. The summed E-state index contributed by atoms with van der Waals surface area (Å²) in [4.78, 5) is 0. The van der Waals surface area contributed by atoms with Crippen LogP contribution < -0.4 is 14.8 Å². The first-order chi connectivity index (χ1) is 9.61. The van der Waals surface area contributed by atoms with Crippen LogP contribution in [0.5, 0.6) is 11.5 Å². The van der Waals surface area contributed by atoms with Crippen molar-refractivity contribution >= 4 is 0 Å². The van der Waals surface area contributed by atoms with E-state index >= 15 is 0 Å². The minimum Gasteiger partial charge on any atom is -0.497 e. The van der Waals surface area contributed by atoms with E-state index in [1.807, 2.05) is 24.3 Å². The Morgan fingerprint density at radius 2 is 2.00 bits per heavy atom. The smallest absolute Gasteiger partial charge is 0.123 e. The number of nitrogens with one attached hydrogen (secondary N) is 1. The minimum atomic E-state index is -0.501. The van der Waals surface area contributed by atoms with E-state index in [9.17, 15) is 5.11 Å². The van der Waals surface area contributed by atoms with E-state index in [1.54, 1.807) is 7.11 Å². The topological polar surface area (TPSA) is 50.7 Å². The van der Waals surface area contributed by atoms with Gasteiger partial charge in [0.15, 0.2) is 0 Å². The summed E-state index contributed by atoms with van der Waals surface area (Å²) in [6, 6.07) is 7.42. The van der Waals surface area contributed by atoms with E-state index in [0.717, 1.165) is 11.5 Å². The summed E-state index contributed by atoms with van der Waals surface area (Å²) in [5.74, 6) is 1.48. The predicted molar refractivity (Wildman–Crippen MR) is 79.4 cm³/mol. The second-order valence-corrected chi connectivity index (χ2v) is 5.79. The van der Waals surface area contributed by atoms with E-state index < -0.39 is 6.10 Å². The summed E-state index contributed by atoms with van der Waals surface area (Å²) >= 11 is 0. The van der Waals surface area contributed by atoms with E-state index in [0.29, 0.717) is 6.54 Å². The fourth-order valence-corrected chi connectivity index (χ4v) is 2.64. The first-order valence-electron chi connectivity index (χ1n) is 7.31. The van der Waals surface area contributed by atoms with Crippen LogP contribution in [0.15, 0.2) is 24.3 Å². The molecule has 0 amide bonds. The third-order valence-corrected chi connectivity index (χ3v) is 3.96. The van der Waals surface area contributed by atoms with Gasteiger partial charge in [0.2, 0.25) is 0 Å². The maximum atomic E-state index is 9.99. The molecule has 1 aliphatic carbocycles. The lowest BCUT2D eigenvalue weighted by Gasteiger charge is -2.27. The number of ether oxygens (including phenoxy) is 2. The Hall–Kier alpha value is -1.26. The second-order valence-electron chi connectivity index (χ2n) is 5.79. The van der Waals surface area contributed by atoms with Gasteiger partial charge < -0.3 is 19.9 Å². The highest BCUT2D eigenvalue weighted by atomic mass is 16.5. The predicted octanol–water partition coefficient (Wildman–Crippen LogP) is 2.36. The van der Waals surface area contributed by atoms with Gasteiger partial charge in [0.1, 0.15) is 24.2 Å². The summed E-state index contributed by atoms with van der Waals surface area (Å²) in [7, 11) is 1.63. The average Bonchev–Trinajstić information content (AvgIpc) is 2.90. The molecule has 1 saturated carbocycles. The van der Waals surface area contributed by atoms with E-state index in [2.05, 4.69) is 12.2 Å². The number of hydrogen-bond acceptors (Lipinski definition) is 4. The number of aliphatic hydroxyl groups is 1. The van der Waals surface area contributed by atoms with Crippen molar-refractivity contribution in [1.29, 1.82) is 0 Å². The van der Waals surface area contributed by atoms with E-state index in [4.69, 9.17) is 9.47 Å². The molecule has 0 heterocycles. The summed E-state index contributed by atoms with van der Waals surface area (Å²) in [5.41, 5.74) is 0.191. The molecule has 0 radical (unpaired) electrons. The molecule has 1 atom stereocenters. The lowest BCUT2D eigenvalue weighted by Crippen LogP contribution is -2.44. The van der Waals surface area contributed by atoms with E-state index in [-0.39, 0.29) is 12.1 Å². The molecule has 1 unspecified atom stereocenters. The Morgan fingerprint density at radius 3 is 2.70 bits per heavy atom. The Labute approximate surface area is 121 Å². The molecule has 0 aromatic heterocycles. The molecule has 1 aliphatic rings. The van der Waals surface area contributed by atoms with Crippen molar-refractivity contribution in [3.63, 3.8) is 0 Å². The van der Waals surface area contributed by atoms with Gasteiger partial charge in [-0.25, -0.2) is 0 Å². The highest BCUT2D eigenvalue weighted by molar-refractivity contribution is 5.32. The molecule has 2 N–H and O–H groups in total. The fraction of sp³-hybridized carbons (Fsp3) is 0.625. The quantitative estimate of drug-likeness (QED) is 0.804. The minimum absolute atomic E-state index is 0.191. The lowest BCUT2D eigenvalue weighted by atomic mass is 10.0. The van der Waals surface area contributed by atoms with Crippen LogP contribution >= 0.6 is 0 Å². The van der Waals surface area contributed by atoms with Gasteiger partial charge in [-0.05, 0) is 31.9 Å². The fourth-order valence-electron chi connectivity index (χ4n) is 2.64.